The maximum atomic E-state index is 3.81. The molecule has 1 N–H and O–H groups in total. The molecular weight excluding hydrogens is 220 g/mol. The van der Waals surface area contributed by atoms with Crippen molar-refractivity contribution in [3.8, 4) is 0 Å². The van der Waals surface area contributed by atoms with Crippen LogP contribution in [-0.2, 0) is 0 Å². The number of likely N-dealkylation sites (N-methyl/N-ethyl adjacent to an activating group) is 1. The highest BCUT2D eigenvalue weighted by atomic mass is 15.2. The lowest BCUT2D eigenvalue weighted by atomic mass is 9.86. The Balaban J connectivity index is 2.67. The highest BCUT2D eigenvalue weighted by Crippen LogP contribution is 2.40. The lowest BCUT2D eigenvalue weighted by Crippen LogP contribution is -2.53. The lowest BCUT2D eigenvalue weighted by Gasteiger charge is -2.39. The number of nitrogens with one attached hydrogen (secondary N) is 1. The standard InChI is InChI=1S/C16H34N2/c1-7-9-13(3)18(6)14-10-11-16(4,5)15(14)17-12-8-2/h13-15,17H,7-12H2,1-6H3. The van der Waals surface area contributed by atoms with E-state index in [-0.39, 0.29) is 0 Å². The molecule has 1 aliphatic rings. The first-order chi connectivity index (χ1) is 8.44. The highest BCUT2D eigenvalue weighted by Gasteiger charge is 2.43. The lowest BCUT2D eigenvalue weighted by molar-refractivity contribution is 0.130. The third-order valence-electron chi connectivity index (χ3n) is 4.85. The van der Waals surface area contributed by atoms with Gasteiger partial charge in [0.25, 0.3) is 0 Å². The van der Waals surface area contributed by atoms with E-state index in [0.717, 1.165) is 6.54 Å². The van der Waals surface area contributed by atoms with Gasteiger partial charge in [-0.25, -0.2) is 0 Å². The van der Waals surface area contributed by atoms with Gasteiger partial charge in [0.05, 0.1) is 0 Å². The summed E-state index contributed by atoms with van der Waals surface area (Å²) in [6.07, 6.45) is 6.53. The fourth-order valence-electron chi connectivity index (χ4n) is 3.46. The molecule has 108 valence electrons. The molecule has 1 aliphatic carbocycles. The monoisotopic (exact) mass is 254 g/mol. The molecule has 0 aromatic heterocycles. The molecule has 0 spiro atoms. The van der Waals surface area contributed by atoms with Crippen LogP contribution in [0.15, 0.2) is 0 Å². The summed E-state index contributed by atoms with van der Waals surface area (Å²) in [6.45, 7) is 12.9. The molecule has 2 heteroatoms. The minimum absolute atomic E-state index is 0.444. The fraction of sp³-hybridized carbons (Fsp3) is 1.00. The minimum atomic E-state index is 0.444. The first-order valence-corrected chi connectivity index (χ1v) is 7.89. The van der Waals surface area contributed by atoms with Crippen LogP contribution >= 0.6 is 0 Å². The van der Waals surface area contributed by atoms with Crippen LogP contribution in [-0.4, -0.2) is 36.6 Å². The van der Waals surface area contributed by atoms with E-state index in [1.54, 1.807) is 0 Å². The van der Waals surface area contributed by atoms with Crippen molar-refractivity contribution >= 4 is 0 Å². The molecule has 0 amide bonds. The Morgan fingerprint density at radius 1 is 1.28 bits per heavy atom. The summed E-state index contributed by atoms with van der Waals surface area (Å²) < 4.78 is 0. The molecule has 0 aromatic carbocycles. The maximum Gasteiger partial charge on any atom is 0.0274 e. The smallest absolute Gasteiger partial charge is 0.0274 e. The van der Waals surface area contributed by atoms with E-state index >= 15 is 0 Å². The molecule has 1 saturated carbocycles. The molecule has 0 aliphatic heterocycles. The summed E-state index contributed by atoms with van der Waals surface area (Å²) in [5.74, 6) is 0. The van der Waals surface area contributed by atoms with Crippen molar-refractivity contribution in [2.75, 3.05) is 13.6 Å². The van der Waals surface area contributed by atoms with E-state index in [1.165, 1.54) is 32.1 Å². The summed E-state index contributed by atoms with van der Waals surface area (Å²) >= 11 is 0. The largest absolute Gasteiger partial charge is 0.312 e. The van der Waals surface area contributed by atoms with Gasteiger partial charge in [-0.05, 0) is 51.6 Å². The minimum Gasteiger partial charge on any atom is -0.312 e. The fourth-order valence-corrected chi connectivity index (χ4v) is 3.46. The first-order valence-electron chi connectivity index (χ1n) is 7.89. The second kappa shape index (κ2) is 6.91. The van der Waals surface area contributed by atoms with E-state index in [9.17, 15) is 0 Å². The average Bonchev–Trinajstić information content (AvgIpc) is 2.61. The van der Waals surface area contributed by atoms with Crippen LogP contribution in [0.5, 0.6) is 0 Å². The molecule has 0 heterocycles. The van der Waals surface area contributed by atoms with Crippen molar-refractivity contribution in [3.63, 3.8) is 0 Å². The van der Waals surface area contributed by atoms with Crippen LogP contribution in [0.25, 0.3) is 0 Å². The number of nitrogens with zero attached hydrogens (tertiary/aromatic N) is 1. The summed E-state index contributed by atoms with van der Waals surface area (Å²) in [4.78, 5) is 2.63. The second-order valence-electron chi connectivity index (χ2n) is 6.83. The summed E-state index contributed by atoms with van der Waals surface area (Å²) in [7, 11) is 2.33. The summed E-state index contributed by atoms with van der Waals surface area (Å²) in [5.41, 5.74) is 0.444. The molecule has 1 fully saturated rings. The Morgan fingerprint density at radius 2 is 1.94 bits per heavy atom. The third kappa shape index (κ3) is 3.71. The van der Waals surface area contributed by atoms with Gasteiger partial charge in [-0.3, -0.25) is 4.90 Å². The summed E-state index contributed by atoms with van der Waals surface area (Å²) in [6, 6.07) is 2.08. The maximum absolute atomic E-state index is 3.81. The van der Waals surface area contributed by atoms with Crippen LogP contribution in [0.2, 0.25) is 0 Å². The van der Waals surface area contributed by atoms with Gasteiger partial charge in [0.15, 0.2) is 0 Å². The molecule has 0 radical (unpaired) electrons. The molecule has 3 atom stereocenters. The van der Waals surface area contributed by atoms with Crippen molar-refractivity contribution in [1.29, 1.82) is 0 Å². The van der Waals surface area contributed by atoms with E-state index in [4.69, 9.17) is 0 Å². The van der Waals surface area contributed by atoms with Crippen molar-refractivity contribution in [2.45, 2.75) is 84.8 Å². The van der Waals surface area contributed by atoms with Gasteiger partial charge in [-0.15, -0.1) is 0 Å². The molecule has 3 unspecified atom stereocenters. The van der Waals surface area contributed by atoms with E-state index < -0.39 is 0 Å². The number of hydrogen-bond donors (Lipinski definition) is 1. The molecule has 0 saturated heterocycles. The first kappa shape index (κ1) is 16.0. The summed E-state index contributed by atoms with van der Waals surface area (Å²) in [5, 5.41) is 3.81. The quantitative estimate of drug-likeness (QED) is 0.746. The molecule has 0 bridgehead atoms. The second-order valence-corrected chi connectivity index (χ2v) is 6.83. The van der Waals surface area contributed by atoms with Crippen LogP contribution in [0.3, 0.4) is 0 Å². The van der Waals surface area contributed by atoms with Crippen LogP contribution in [0, 0.1) is 5.41 Å². The van der Waals surface area contributed by atoms with Crippen molar-refractivity contribution in [2.24, 2.45) is 5.41 Å². The van der Waals surface area contributed by atoms with E-state index in [2.05, 4.69) is 51.9 Å². The van der Waals surface area contributed by atoms with Crippen LogP contribution in [0.4, 0.5) is 0 Å². The zero-order chi connectivity index (χ0) is 13.8. The Labute approximate surface area is 115 Å². The van der Waals surface area contributed by atoms with E-state index in [0.29, 0.717) is 23.5 Å². The number of hydrogen-bond acceptors (Lipinski definition) is 2. The van der Waals surface area contributed by atoms with Gasteiger partial charge >= 0.3 is 0 Å². The SMILES string of the molecule is CCCNC1C(N(C)C(C)CCC)CCC1(C)C. The third-order valence-corrected chi connectivity index (χ3v) is 4.85. The normalized spacial score (nSPS) is 28.8. The van der Waals surface area contributed by atoms with Crippen LogP contribution < -0.4 is 5.32 Å². The zero-order valence-corrected chi connectivity index (χ0v) is 13.4. The van der Waals surface area contributed by atoms with Gasteiger partial charge in [-0.2, -0.15) is 0 Å². The Kier molecular flexibility index (Phi) is 6.13. The highest BCUT2D eigenvalue weighted by molar-refractivity contribution is 5.01. The van der Waals surface area contributed by atoms with Crippen molar-refractivity contribution < 1.29 is 0 Å². The number of rotatable bonds is 7. The van der Waals surface area contributed by atoms with Gasteiger partial charge in [-0.1, -0.05) is 34.1 Å². The van der Waals surface area contributed by atoms with Gasteiger partial charge < -0.3 is 5.32 Å². The molecule has 2 nitrogen and oxygen atoms in total. The molecule has 1 rings (SSSR count). The predicted molar refractivity (Wildman–Crippen MR) is 81.0 cm³/mol. The van der Waals surface area contributed by atoms with Crippen LogP contribution in [0.1, 0.15) is 66.7 Å². The Morgan fingerprint density at radius 3 is 2.50 bits per heavy atom. The van der Waals surface area contributed by atoms with Gasteiger partial charge in [0.1, 0.15) is 0 Å². The average molecular weight is 254 g/mol. The topological polar surface area (TPSA) is 15.3 Å². The molecule has 0 aromatic rings. The van der Waals surface area contributed by atoms with Gasteiger partial charge in [0.2, 0.25) is 0 Å². The van der Waals surface area contributed by atoms with E-state index in [1.807, 2.05) is 0 Å². The van der Waals surface area contributed by atoms with Gasteiger partial charge in [0, 0.05) is 18.1 Å². The Hall–Kier alpha value is -0.0800. The van der Waals surface area contributed by atoms with Crippen molar-refractivity contribution in [3.05, 3.63) is 0 Å². The predicted octanol–water partition coefficient (Wildman–Crippen LogP) is 3.66. The zero-order valence-electron chi connectivity index (χ0n) is 13.4. The van der Waals surface area contributed by atoms with Crippen molar-refractivity contribution in [1.82, 2.24) is 10.2 Å². The molecular formula is C16H34N2. The molecule has 18 heavy (non-hydrogen) atoms. The Bertz CT molecular complexity index is 237.